The van der Waals surface area contributed by atoms with Crippen LogP contribution in [0.3, 0.4) is 0 Å². The molecule has 1 fully saturated rings. The van der Waals surface area contributed by atoms with Crippen molar-refractivity contribution in [3.05, 3.63) is 28.2 Å². The Morgan fingerprint density at radius 1 is 1.56 bits per heavy atom. The van der Waals surface area contributed by atoms with Crippen molar-refractivity contribution >= 4 is 11.5 Å². The van der Waals surface area contributed by atoms with E-state index in [4.69, 9.17) is 5.11 Å². The van der Waals surface area contributed by atoms with Crippen LogP contribution in [0.5, 0.6) is 0 Å². The van der Waals surface area contributed by atoms with Crippen molar-refractivity contribution in [1.82, 2.24) is 19.2 Å². The third-order valence-electron chi connectivity index (χ3n) is 3.07. The monoisotopic (exact) mass is 248 g/mol. The van der Waals surface area contributed by atoms with Gasteiger partial charge in [-0.1, -0.05) is 0 Å². The minimum absolute atomic E-state index is 0.357. The van der Waals surface area contributed by atoms with Crippen molar-refractivity contribution < 1.29 is 9.90 Å². The highest BCUT2D eigenvalue weighted by Gasteiger charge is 2.30. The molecule has 0 spiro atoms. The molecule has 0 unspecified atom stereocenters. The number of carboxylic acid groups (broad SMARTS) is 1. The van der Waals surface area contributed by atoms with Crippen LogP contribution in [-0.4, -0.2) is 30.2 Å². The van der Waals surface area contributed by atoms with Crippen LogP contribution < -0.4 is 5.56 Å². The average Bonchev–Trinajstić information content (AvgIpc) is 3.07. The van der Waals surface area contributed by atoms with Crippen molar-refractivity contribution in [1.29, 1.82) is 0 Å². The summed E-state index contributed by atoms with van der Waals surface area (Å²) < 4.78 is 2.64. The molecule has 1 aliphatic rings. The van der Waals surface area contributed by atoms with Gasteiger partial charge in [0.15, 0.2) is 5.52 Å². The summed E-state index contributed by atoms with van der Waals surface area (Å²) in [5.41, 5.74) is 0.624. The molecule has 2 aromatic heterocycles. The first-order chi connectivity index (χ1) is 8.58. The fourth-order valence-electron chi connectivity index (χ4n) is 2.07. The summed E-state index contributed by atoms with van der Waals surface area (Å²) in [5.74, 6) is 0.123. The topological polar surface area (TPSA) is 89.5 Å². The second-order valence-electron chi connectivity index (χ2n) is 4.55. The zero-order valence-corrected chi connectivity index (χ0v) is 9.83. The molecule has 0 bridgehead atoms. The van der Waals surface area contributed by atoms with Crippen LogP contribution in [0.1, 0.15) is 30.3 Å². The number of aryl methyl sites for hydroxylation is 1. The van der Waals surface area contributed by atoms with Crippen molar-refractivity contribution in [3.8, 4) is 0 Å². The highest BCUT2D eigenvalue weighted by Crippen LogP contribution is 2.39. The minimum Gasteiger partial charge on any atom is -0.480 e. The molecule has 0 atom stereocenters. The Bertz CT molecular complexity index is 696. The molecule has 1 aliphatic carbocycles. The molecule has 1 saturated carbocycles. The highest BCUT2D eigenvalue weighted by molar-refractivity contribution is 5.66. The van der Waals surface area contributed by atoms with E-state index in [2.05, 4.69) is 10.1 Å². The molecule has 0 aliphatic heterocycles. The lowest BCUT2D eigenvalue weighted by atomic mass is 10.4. The molecule has 0 saturated heterocycles. The van der Waals surface area contributed by atoms with Gasteiger partial charge in [-0.3, -0.25) is 14.2 Å². The SMILES string of the molecule is Cc1nc(C2CC2)n2ncn(CC(=O)O)c(=O)c12. The van der Waals surface area contributed by atoms with Gasteiger partial charge < -0.3 is 5.11 Å². The van der Waals surface area contributed by atoms with Crippen LogP contribution in [0.15, 0.2) is 11.1 Å². The Labute approximate surface area is 102 Å². The van der Waals surface area contributed by atoms with Gasteiger partial charge in [0.1, 0.15) is 18.7 Å². The minimum atomic E-state index is -1.07. The molecule has 2 heterocycles. The summed E-state index contributed by atoms with van der Waals surface area (Å²) in [6.45, 7) is 1.36. The maximum Gasteiger partial charge on any atom is 0.323 e. The number of rotatable bonds is 3. The van der Waals surface area contributed by atoms with E-state index >= 15 is 0 Å². The van der Waals surface area contributed by atoms with Crippen LogP contribution in [0.4, 0.5) is 0 Å². The van der Waals surface area contributed by atoms with E-state index in [-0.39, 0.29) is 12.1 Å². The van der Waals surface area contributed by atoms with Crippen LogP contribution in [0.25, 0.3) is 5.52 Å². The molecule has 0 radical (unpaired) electrons. The maximum absolute atomic E-state index is 12.1. The van der Waals surface area contributed by atoms with Gasteiger partial charge in [-0.15, -0.1) is 0 Å². The molecule has 0 aromatic carbocycles. The number of fused-ring (bicyclic) bond motifs is 1. The van der Waals surface area contributed by atoms with Gasteiger partial charge in [0.25, 0.3) is 5.56 Å². The van der Waals surface area contributed by atoms with E-state index in [9.17, 15) is 9.59 Å². The second-order valence-corrected chi connectivity index (χ2v) is 4.55. The molecule has 7 nitrogen and oxygen atoms in total. The van der Waals surface area contributed by atoms with Crippen molar-refractivity contribution in [2.45, 2.75) is 32.2 Å². The average molecular weight is 248 g/mol. The number of hydrogen-bond donors (Lipinski definition) is 1. The van der Waals surface area contributed by atoms with Crippen LogP contribution in [0, 0.1) is 6.92 Å². The van der Waals surface area contributed by atoms with E-state index in [0.29, 0.717) is 17.1 Å². The lowest BCUT2D eigenvalue weighted by Gasteiger charge is -2.03. The van der Waals surface area contributed by atoms with Crippen molar-refractivity contribution in [3.63, 3.8) is 0 Å². The van der Waals surface area contributed by atoms with Gasteiger partial charge in [-0.25, -0.2) is 9.50 Å². The maximum atomic E-state index is 12.1. The Morgan fingerprint density at radius 3 is 2.89 bits per heavy atom. The summed E-state index contributed by atoms with van der Waals surface area (Å²) in [5, 5.41) is 12.9. The molecule has 94 valence electrons. The van der Waals surface area contributed by atoms with Gasteiger partial charge in [0.2, 0.25) is 0 Å². The van der Waals surface area contributed by atoms with E-state index in [1.54, 1.807) is 11.4 Å². The Hall–Kier alpha value is -2.18. The number of hydrogen-bond acceptors (Lipinski definition) is 4. The fourth-order valence-corrected chi connectivity index (χ4v) is 2.07. The van der Waals surface area contributed by atoms with Gasteiger partial charge in [-0.05, 0) is 19.8 Å². The summed E-state index contributed by atoms with van der Waals surface area (Å²) in [4.78, 5) is 27.2. The number of nitrogens with zero attached hydrogens (tertiary/aromatic N) is 4. The normalized spacial score (nSPS) is 15.2. The van der Waals surface area contributed by atoms with E-state index in [0.717, 1.165) is 23.2 Å². The summed E-state index contributed by atoms with van der Waals surface area (Å²) >= 11 is 0. The smallest absolute Gasteiger partial charge is 0.323 e. The highest BCUT2D eigenvalue weighted by atomic mass is 16.4. The van der Waals surface area contributed by atoms with Crippen LogP contribution >= 0.6 is 0 Å². The molecule has 1 N–H and O–H groups in total. The van der Waals surface area contributed by atoms with Gasteiger partial charge in [-0.2, -0.15) is 5.10 Å². The molecule has 7 heteroatoms. The van der Waals surface area contributed by atoms with E-state index in [1.165, 1.54) is 6.33 Å². The number of carbonyl (C=O) groups is 1. The molecular formula is C11H12N4O3. The summed E-state index contributed by atoms with van der Waals surface area (Å²) in [6, 6.07) is 0. The lowest BCUT2D eigenvalue weighted by Crippen LogP contribution is -2.26. The predicted octanol–water partition coefficient (Wildman–Crippen LogP) is 0.161. The fraction of sp³-hybridized carbons (Fsp3) is 0.455. The quantitative estimate of drug-likeness (QED) is 0.835. The molecular weight excluding hydrogens is 236 g/mol. The third kappa shape index (κ3) is 1.59. The van der Waals surface area contributed by atoms with E-state index in [1.807, 2.05) is 0 Å². The lowest BCUT2D eigenvalue weighted by molar-refractivity contribution is -0.137. The van der Waals surface area contributed by atoms with Gasteiger partial charge in [0.05, 0.1) is 5.69 Å². The van der Waals surface area contributed by atoms with Crippen molar-refractivity contribution in [2.75, 3.05) is 0 Å². The first-order valence-corrected chi connectivity index (χ1v) is 5.74. The Kier molecular flexibility index (Phi) is 2.22. The number of imidazole rings is 1. The second kappa shape index (κ2) is 3.66. The standard InChI is InChI=1S/C11H12N4O3/c1-6-9-11(18)14(4-8(16)17)5-12-15(9)10(13-6)7-2-3-7/h5,7H,2-4H2,1H3,(H,16,17). The third-order valence-corrected chi connectivity index (χ3v) is 3.07. The summed E-state index contributed by atoms with van der Waals surface area (Å²) in [6.07, 6.45) is 3.40. The number of aliphatic carboxylic acids is 1. The van der Waals surface area contributed by atoms with Crippen molar-refractivity contribution in [2.24, 2.45) is 0 Å². The van der Waals surface area contributed by atoms with Gasteiger partial charge >= 0.3 is 5.97 Å². The predicted molar refractivity (Wildman–Crippen MR) is 61.6 cm³/mol. The largest absolute Gasteiger partial charge is 0.480 e. The van der Waals surface area contributed by atoms with Crippen LogP contribution in [-0.2, 0) is 11.3 Å². The Balaban J connectivity index is 2.22. The first-order valence-electron chi connectivity index (χ1n) is 5.74. The van der Waals surface area contributed by atoms with E-state index < -0.39 is 5.97 Å². The first kappa shape index (κ1) is 10.9. The van der Waals surface area contributed by atoms with Gasteiger partial charge in [0, 0.05) is 5.92 Å². The number of carboxylic acids is 1. The molecule has 3 rings (SSSR count). The van der Waals surface area contributed by atoms with Crippen LogP contribution in [0.2, 0.25) is 0 Å². The molecule has 0 amide bonds. The zero-order chi connectivity index (χ0) is 12.9. The Morgan fingerprint density at radius 2 is 2.28 bits per heavy atom. The molecule has 2 aromatic rings. The molecule has 18 heavy (non-hydrogen) atoms. The zero-order valence-electron chi connectivity index (χ0n) is 9.83. The summed E-state index contributed by atoms with van der Waals surface area (Å²) in [7, 11) is 0. The number of aromatic nitrogens is 4.